The first kappa shape index (κ1) is 3.03. The highest BCUT2D eigenvalue weighted by Crippen LogP contribution is 2.31. The fourth-order valence-corrected chi connectivity index (χ4v) is 1.23. The molecule has 3 rings (SSSR count). The topological polar surface area (TPSA) is 3.24 Å². The van der Waals surface area contributed by atoms with Crippen LogP contribution in [-0.2, 0) is 0 Å². The van der Waals surface area contributed by atoms with Crippen molar-refractivity contribution in [3.05, 3.63) is 6.54 Å². The van der Waals surface area contributed by atoms with Crippen LogP contribution in [0, 0.1) is 12.5 Å². The van der Waals surface area contributed by atoms with E-state index in [0.717, 1.165) is 5.92 Å². The summed E-state index contributed by atoms with van der Waals surface area (Å²) >= 11 is 0. The van der Waals surface area contributed by atoms with Crippen molar-refractivity contribution >= 4 is 0 Å². The van der Waals surface area contributed by atoms with Gasteiger partial charge in [0.25, 0.3) is 0 Å². The summed E-state index contributed by atoms with van der Waals surface area (Å²) in [5.74, 6) is 0.991. The van der Waals surface area contributed by atoms with Crippen LogP contribution in [0.2, 0.25) is 0 Å². The lowest BCUT2D eigenvalue weighted by molar-refractivity contribution is 0.285. The van der Waals surface area contributed by atoms with Crippen LogP contribution in [0.3, 0.4) is 0 Å². The highest BCUT2D eigenvalue weighted by Gasteiger charge is 2.33. The third-order valence-corrected chi connectivity index (χ3v) is 1.68. The van der Waals surface area contributed by atoms with E-state index in [0.29, 0.717) is 0 Å². The van der Waals surface area contributed by atoms with Gasteiger partial charge in [0.05, 0.1) is 0 Å². The Bertz CT molecular complexity index is 50.8. The van der Waals surface area contributed by atoms with Gasteiger partial charge in [0, 0.05) is 13.1 Å². The summed E-state index contributed by atoms with van der Waals surface area (Å²) in [7, 11) is 0. The summed E-state index contributed by atoms with van der Waals surface area (Å²) in [6, 6.07) is 0. The Morgan fingerprint density at radius 1 is 1.67 bits per heavy atom. The van der Waals surface area contributed by atoms with Gasteiger partial charge in [-0.2, -0.15) is 0 Å². The smallest absolute Gasteiger partial charge is 0.0295 e. The van der Waals surface area contributed by atoms with Crippen molar-refractivity contribution in [3.63, 3.8) is 0 Å². The molecule has 2 atom stereocenters. The molecule has 33 valence electrons. The Hall–Kier alpha value is -0.0400. The van der Waals surface area contributed by atoms with Crippen LogP contribution < -0.4 is 0 Å². The molecule has 0 aromatic carbocycles. The van der Waals surface area contributed by atoms with Gasteiger partial charge in [-0.15, -0.1) is 0 Å². The van der Waals surface area contributed by atoms with Crippen molar-refractivity contribution < 1.29 is 0 Å². The predicted molar refractivity (Wildman–Crippen MR) is 24.0 cm³/mol. The molecule has 3 heterocycles. The van der Waals surface area contributed by atoms with E-state index in [1.807, 2.05) is 0 Å². The van der Waals surface area contributed by atoms with Gasteiger partial charge in [0.15, 0.2) is 0 Å². The summed E-state index contributed by atoms with van der Waals surface area (Å²) in [5, 5.41) is 0. The molecule has 1 heteroatoms. The maximum Gasteiger partial charge on any atom is 0.0295 e. The minimum Gasteiger partial charge on any atom is -0.298 e. The molecule has 3 aliphatic rings. The van der Waals surface area contributed by atoms with Crippen LogP contribution in [0.15, 0.2) is 0 Å². The van der Waals surface area contributed by atoms with Crippen molar-refractivity contribution in [2.45, 2.75) is 6.42 Å². The van der Waals surface area contributed by atoms with Gasteiger partial charge in [0.2, 0.25) is 0 Å². The van der Waals surface area contributed by atoms with Crippen LogP contribution in [-0.4, -0.2) is 18.0 Å². The summed E-state index contributed by atoms with van der Waals surface area (Å²) < 4.78 is 0. The molecule has 3 fully saturated rings. The molecular weight excluding hydrogens is 74.1 g/mol. The number of hydrogen-bond donors (Lipinski definition) is 0. The molecule has 0 aromatic rings. The fourth-order valence-electron chi connectivity index (χ4n) is 1.23. The molecule has 1 radical (unpaired) electrons. The van der Waals surface area contributed by atoms with E-state index >= 15 is 0 Å². The number of rotatable bonds is 0. The SMILES string of the molecule is [CH]1C2CCN1C2. The highest BCUT2D eigenvalue weighted by molar-refractivity contribution is 4.97. The zero-order chi connectivity index (χ0) is 3.98. The average molecular weight is 82.1 g/mol. The lowest BCUT2D eigenvalue weighted by atomic mass is 10.1. The second-order valence-corrected chi connectivity index (χ2v) is 2.19. The third kappa shape index (κ3) is 0.207. The largest absolute Gasteiger partial charge is 0.298 e. The number of hydrogen-bond acceptors (Lipinski definition) is 1. The Morgan fingerprint density at radius 3 is 2.67 bits per heavy atom. The van der Waals surface area contributed by atoms with Gasteiger partial charge in [-0.25, -0.2) is 0 Å². The Morgan fingerprint density at radius 2 is 2.50 bits per heavy atom. The monoisotopic (exact) mass is 82.1 g/mol. The standard InChI is InChI=1S/C5H8N/c1-2-6-3-5(1)4-6/h3,5H,1-2,4H2. The zero-order valence-corrected chi connectivity index (χ0v) is 3.72. The highest BCUT2D eigenvalue weighted by atomic mass is 15.2. The van der Waals surface area contributed by atoms with Crippen LogP contribution in [0.5, 0.6) is 0 Å². The van der Waals surface area contributed by atoms with E-state index in [9.17, 15) is 0 Å². The van der Waals surface area contributed by atoms with Crippen molar-refractivity contribution in [3.8, 4) is 0 Å². The summed E-state index contributed by atoms with van der Waals surface area (Å²) in [6.45, 7) is 5.03. The normalized spacial score (nSPS) is 52.0. The molecule has 2 unspecified atom stereocenters. The van der Waals surface area contributed by atoms with E-state index in [1.54, 1.807) is 0 Å². The Kier molecular flexibility index (Phi) is 0.396. The summed E-state index contributed by atoms with van der Waals surface area (Å²) in [4.78, 5) is 2.38. The minimum atomic E-state index is 0.991. The van der Waals surface area contributed by atoms with Gasteiger partial charge in [-0.1, -0.05) is 0 Å². The van der Waals surface area contributed by atoms with Gasteiger partial charge in [0.1, 0.15) is 0 Å². The van der Waals surface area contributed by atoms with Crippen LogP contribution in [0.1, 0.15) is 6.42 Å². The van der Waals surface area contributed by atoms with Crippen molar-refractivity contribution in [1.82, 2.24) is 4.90 Å². The van der Waals surface area contributed by atoms with E-state index in [1.165, 1.54) is 19.5 Å². The fraction of sp³-hybridized carbons (Fsp3) is 0.800. The van der Waals surface area contributed by atoms with E-state index < -0.39 is 0 Å². The second-order valence-electron chi connectivity index (χ2n) is 2.19. The first-order valence-corrected chi connectivity index (χ1v) is 2.54. The van der Waals surface area contributed by atoms with Gasteiger partial charge in [-0.05, 0) is 18.9 Å². The van der Waals surface area contributed by atoms with E-state index in [-0.39, 0.29) is 0 Å². The molecule has 0 N–H and O–H groups in total. The molecule has 6 heavy (non-hydrogen) atoms. The predicted octanol–water partition coefficient (Wildman–Crippen LogP) is 0.484. The molecule has 1 nitrogen and oxygen atoms in total. The van der Waals surface area contributed by atoms with Crippen molar-refractivity contribution in [2.75, 3.05) is 13.1 Å². The number of fused-ring (bicyclic) bond motifs is 1. The summed E-state index contributed by atoms with van der Waals surface area (Å²) in [5.41, 5.74) is 0. The zero-order valence-electron chi connectivity index (χ0n) is 3.72. The first-order chi connectivity index (χ1) is 2.95. The quantitative estimate of drug-likeness (QED) is 0.411. The minimum absolute atomic E-state index is 0.991. The van der Waals surface area contributed by atoms with Gasteiger partial charge in [-0.3, -0.25) is 4.90 Å². The Labute approximate surface area is 37.9 Å². The first-order valence-electron chi connectivity index (χ1n) is 2.54. The van der Waals surface area contributed by atoms with E-state index in [2.05, 4.69) is 11.4 Å². The molecule has 0 amide bonds. The molecule has 0 saturated carbocycles. The Balaban J connectivity index is 2.16. The van der Waals surface area contributed by atoms with Crippen LogP contribution >= 0.6 is 0 Å². The van der Waals surface area contributed by atoms with Crippen molar-refractivity contribution in [2.24, 2.45) is 5.92 Å². The molecule has 3 saturated heterocycles. The maximum atomic E-state index is 2.38. The molecule has 0 aromatic heterocycles. The second kappa shape index (κ2) is 0.784. The van der Waals surface area contributed by atoms with Crippen LogP contribution in [0.25, 0.3) is 0 Å². The van der Waals surface area contributed by atoms with Gasteiger partial charge < -0.3 is 0 Å². The van der Waals surface area contributed by atoms with E-state index in [4.69, 9.17) is 0 Å². The van der Waals surface area contributed by atoms with Crippen LogP contribution in [0.4, 0.5) is 0 Å². The number of nitrogens with zero attached hydrogens (tertiary/aromatic N) is 1. The maximum absolute atomic E-state index is 2.38. The third-order valence-electron chi connectivity index (χ3n) is 1.68. The van der Waals surface area contributed by atoms with Gasteiger partial charge >= 0.3 is 0 Å². The lowest BCUT2D eigenvalue weighted by Gasteiger charge is -2.25. The molecule has 2 bridgehead atoms. The average Bonchev–Trinajstić information content (AvgIpc) is 1.72. The molecule has 0 spiro atoms. The molecule has 3 aliphatic heterocycles. The molecule has 0 aliphatic carbocycles. The van der Waals surface area contributed by atoms with Crippen molar-refractivity contribution in [1.29, 1.82) is 0 Å². The molecular formula is C5H8N. The lowest BCUT2D eigenvalue weighted by Crippen LogP contribution is -2.29. The summed E-state index contributed by atoms with van der Waals surface area (Å²) in [6.07, 6.45) is 1.43.